The molecule has 0 aliphatic carbocycles. The summed E-state index contributed by atoms with van der Waals surface area (Å²) in [5.41, 5.74) is 7.27. The minimum Gasteiger partial charge on any atom is -0.491 e. The van der Waals surface area contributed by atoms with Gasteiger partial charge < -0.3 is 10.5 Å². The molecule has 1 aromatic rings. The molecule has 0 saturated carbocycles. The van der Waals surface area contributed by atoms with Crippen LogP contribution in [0.25, 0.3) is 0 Å². The molecule has 0 aromatic heterocycles. The predicted molar refractivity (Wildman–Crippen MR) is 91.1 cm³/mol. The van der Waals surface area contributed by atoms with E-state index in [1.54, 1.807) is 0 Å². The Morgan fingerprint density at radius 1 is 1.29 bits per heavy atom. The molecular weight excluding hydrogens is 284 g/mol. The number of rotatable bonds is 5. The van der Waals surface area contributed by atoms with Crippen molar-refractivity contribution < 1.29 is 4.74 Å². The van der Waals surface area contributed by atoms with Crippen LogP contribution in [0.2, 0.25) is 0 Å². The molecule has 1 heterocycles. The first kappa shape index (κ1) is 18.3. The largest absolute Gasteiger partial charge is 0.491 e. The Hall–Kier alpha value is -0.770. The molecular formula is C17H29ClN2O. The van der Waals surface area contributed by atoms with Gasteiger partial charge in [-0.2, -0.15) is 0 Å². The van der Waals surface area contributed by atoms with Gasteiger partial charge in [0, 0.05) is 19.1 Å². The van der Waals surface area contributed by atoms with E-state index in [0.717, 1.165) is 31.3 Å². The summed E-state index contributed by atoms with van der Waals surface area (Å²) in [7, 11) is 0. The van der Waals surface area contributed by atoms with Crippen LogP contribution in [0, 0.1) is 5.92 Å². The standard InChI is InChI=1S/C17H28N2O.ClH/c1-13(2)20-17-6-4-15(5-7-17)12-19-9-8-14(3)10-16(19)11-18;/h4-7,13-14,16H,8-12,18H2,1-3H3;1H. The van der Waals surface area contributed by atoms with Crippen molar-refractivity contribution >= 4 is 12.4 Å². The highest BCUT2D eigenvalue weighted by atomic mass is 35.5. The van der Waals surface area contributed by atoms with Crippen LogP contribution in [0.3, 0.4) is 0 Å². The fourth-order valence-corrected chi connectivity index (χ4v) is 2.93. The smallest absolute Gasteiger partial charge is 0.119 e. The predicted octanol–water partition coefficient (Wildman–Crippen LogP) is 3.45. The Bertz CT molecular complexity index is 408. The topological polar surface area (TPSA) is 38.5 Å². The average molecular weight is 313 g/mol. The molecule has 1 saturated heterocycles. The molecule has 2 rings (SSSR count). The highest BCUT2D eigenvalue weighted by Gasteiger charge is 2.24. The van der Waals surface area contributed by atoms with Crippen LogP contribution in [-0.4, -0.2) is 30.1 Å². The highest BCUT2D eigenvalue weighted by molar-refractivity contribution is 5.85. The van der Waals surface area contributed by atoms with Crippen LogP contribution in [0.4, 0.5) is 0 Å². The highest BCUT2D eigenvalue weighted by Crippen LogP contribution is 2.24. The molecule has 0 spiro atoms. The van der Waals surface area contributed by atoms with Gasteiger partial charge in [-0.25, -0.2) is 0 Å². The summed E-state index contributed by atoms with van der Waals surface area (Å²) in [6.45, 7) is 9.35. The second-order valence-corrected chi connectivity index (χ2v) is 6.30. The second-order valence-electron chi connectivity index (χ2n) is 6.30. The molecule has 2 N–H and O–H groups in total. The van der Waals surface area contributed by atoms with E-state index in [1.807, 2.05) is 0 Å². The maximum atomic E-state index is 5.93. The number of nitrogens with zero attached hydrogens (tertiary/aromatic N) is 1. The van der Waals surface area contributed by atoms with Crippen molar-refractivity contribution in [3.63, 3.8) is 0 Å². The molecule has 0 amide bonds. The number of nitrogens with two attached hydrogens (primary N) is 1. The van der Waals surface area contributed by atoms with Gasteiger partial charge in [-0.15, -0.1) is 12.4 Å². The Kier molecular flexibility index (Phi) is 7.50. The first-order valence-electron chi connectivity index (χ1n) is 7.78. The summed E-state index contributed by atoms with van der Waals surface area (Å²) in [6.07, 6.45) is 2.74. The SMILES string of the molecule is CC1CCN(Cc2ccc(OC(C)C)cc2)C(CN)C1.Cl. The third-order valence-electron chi connectivity index (χ3n) is 4.05. The van der Waals surface area contributed by atoms with Crippen molar-refractivity contribution in [2.45, 2.75) is 52.3 Å². The number of benzene rings is 1. The van der Waals surface area contributed by atoms with Gasteiger partial charge in [0.2, 0.25) is 0 Å². The van der Waals surface area contributed by atoms with Crippen molar-refractivity contribution in [1.29, 1.82) is 0 Å². The van der Waals surface area contributed by atoms with Crippen molar-refractivity contribution in [1.82, 2.24) is 4.90 Å². The number of likely N-dealkylation sites (tertiary alicyclic amines) is 1. The van der Waals surface area contributed by atoms with Crippen molar-refractivity contribution in [3.8, 4) is 5.75 Å². The monoisotopic (exact) mass is 312 g/mol. The minimum atomic E-state index is 0. The summed E-state index contributed by atoms with van der Waals surface area (Å²) in [5.74, 6) is 1.76. The molecule has 4 heteroatoms. The molecule has 2 atom stereocenters. The van der Waals surface area contributed by atoms with Crippen LogP contribution >= 0.6 is 12.4 Å². The van der Waals surface area contributed by atoms with Gasteiger partial charge in [0.1, 0.15) is 5.75 Å². The minimum absolute atomic E-state index is 0. The van der Waals surface area contributed by atoms with Gasteiger partial charge in [-0.1, -0.05) is 19.1 Å². The van der Waals surface area contributed by atoms with Crippen LogP contribution < -0.4 is 10.5 Å². The van der Waals surface area contributed by atoms with E-state index in [1.165, 1.54) is 18.4 Å². The lowest BCUT2D eigenvalue weighted by molar-refractivity contribution is 0.115. The summed E-state index contributed by atoms with van der Waals surface area (Å²) < 4.78 is 5.68. The Balaban J connectivity index is 0.00000220. The van der Waals surface area contributed by atoms with Gasteiger partial charge in [-0.3, -0.25) is 4.90 Å². The zero-order valence-corrected chi connectivity index (χ0v) is 14.2. The summed E-state index contributed by atoms with van der Waals surface area (Å²) in [6, 6.07) is 9.01. The molecule has 1 aliphatic heterocycles. The number of hydrogen-bond acceptors (Lipinski definition) is 3. The number of piperidine rings is 1. The quantitative estimate of drug-likeness (QED) is 0.905. The van der Waals surface area contributed by atoms with E-state index in [9.17, 15) is 0 Å². The average Bonchev–Trinajstić information content (AvgIpc) is 2.42. The van der Waals surface area contributed by atoms with Gasteiger partial charge >= 0.3 is 0 Å². The van der Waals surface area contributed by atoms with E-state index < -0.39 is 0 Å². The number of ether oxygens (including phenoxy) is 1. The number of hydrogen-bond donors (Lipinski definition) is 1. The summed E-state index contributed by atoms with van der Waals surface area (Å²) in [5, 5.41) is 0. The van der Waals surface area contributed by atoms with E-state index in [2.05, 4.69) is 49.9 Å². The molecule has 120 valence electrons. The van der Waals surface area contributed by atoms with E-state index in [-0.39, 0.29) is 18.5 Å². The van der Waals surface area contributed by atoms with E-state index in [4.69, 9.17) is 10.5 Å². The van der Waals surface area contributed by atoms with Gasteiger partial charge in [0.25, 0.3) is 0 Å². The van der Waals surface area contributed by atoms with Crippen molar-refractivity contribution in [2.24, 2.45) is 11.7 Å². The normalized spacial score (nSPS) is 22.9. The molecule has 21 heavy (non-hydrogen) atoms. The fourth-order valence-electron chi connectivity index (χ4n) is 2.93. The zero-order valence-electron chi connectivity index (χ0n) is 13.4. The molecule has 0 radical (unpaired) electrons. The Morgan fingerprint density at radius 3 is 2.52 bits per heavy atom. The third-order valence-corrected chi connectivity index (χ3v) is 4.05. The van der Waals surface area contributed by atoms with Crippen LogP contribution in [-0.2, 0) is 6.54 Å². The van der Waals surface area contributed by atoms with Gasteiger partial charge in [-0.05, 0) is 56.8 Å². The lowest BCUT2D eigenvalue weighted by Gasteiger charge is -2.38. The third kappa shape index (κ3) is 5.50. The molecule has 3 nitrogen and oxygen atoms in total. The van der Waals surface area contributed by atoms with Crippen LogP contribution in [0.15, 0.2) is 24.3 Å². The fraction of sp³-hybridized carbons (Fsp3) is 0.647. The summed E-state index contributed by atoms with van der Waals surface area (Å²) in [4.78, 5) is 2.53. The van der Waals surface area contributed by atoms with E-state index in [0.29, 0.717) is 6.04 Å². The van der Waals surface area contributed by atoms with Gasteiger partial charge in [0.05, 0.1) is 6.10 Å². The Morgan fingerprint density at radius 2 is 1.95 bits per heavy atom. The number of halogens is 1. The molecule has 0 bridgehead atoms. The van der Waals surface area contributed by atoms with E-state index >= 15 is 0 Å². The molecule has 1 aliphatic rings. The van der Waals surface area contributed by atoms with Crippen LogP contribution in [0.5, 0.6) is 5.75 Å². The molecule has 1 fully saturated rings. The first-order chi connectivity index (χ1) is 9.58. The van der Waals surface area contributed by atoms with Crippen molar-refractivity contribution in [3.05, 3.63) is 29.8 Å². The van der Waals surface area contributed by atoms with Gasteiger partial charge in [0.15, 0.2) is 0 Å². The molecule has 2 unspecified atom stereocenters. The van der Waals surface area contributed by atoms with Crippen molar-refractivity contribution in [2.75, 3.05) is 13.1 Å². The maximum absolute atomic E-state index is 5.93. The molecule has 1 aromatic carbocycles. The second kappa shape index (κ2) is 8.62. The lowest BCUT2D eigenvalue weighted by Crippen LogP contribution is -2.45. The lowest BCUT2D eigenvalue weighted by atomic mass is 9.92. The first-order valence-corrected chi connectivity index (χ1v) is 7.78. The Labute approximate surface area is 135 Å². The summed E-state index contributed by atoms with van der Waals surface area (Å²) >= 11 is 0. The zero-order chi connectivity index (χ0) is 14.5. The maximum Gasteiger partial charge on any atom is 0.119 e. The van der Waals surface area contributed by atoms with Crippen LogP contribution in [0.1, 0.15) is 39.2 Å².